The molecule has 0 radical (unpaired) electrons. The number of hydrogen-bond donors (Lipinski definition) is 3. The zero-order valence-electron chi connectivity index (χ0n) is 20.5. The van der Waals surface area contributed by atoms with E-state index < -0.39 is 28.7 Å². The summed E-state index contributed by atoms with van der Waals surface area (Å²) in [6.07, 6.45) is 3.05. The number of rotatable bonds is 9. The van der Waals surface area contributed by atoms with Gasteiger partial charge in [0.2, 0.25) is 17.7 Å². The summed E-state index contributed by atoms with van der Waals surface area (Å²) in [4.78, 5) is 42.6. The van der Waals surface area contributed by atoms with Crippen LogP contribution in [0.3, 0.4) is 0 Å². The van der Waals surface area contributed by atoms with Crippen LogP contribution < -0.4 is 10.6 Å². The molecule has 3 amide bonds. The Morgan fingerprint density at radius 2 is 1.97 bits per heavy atom. The first-order valence-corrected chi connectivity index (χ1v) is 13.3. The van der Waals surface area contributed by atoms with Gasteiger partial charge >= 0.3 is 0 Å². The fraction of sp³-hybridized carbons (Fsp3) is 0.654. The minimum Gasteiger partial charge on any atom is -0.394 e. The number of fused-ring (bicyclic) bond motifs is 1. The average Bonchev–Trinajstić information content (AvgIpc) is 3.41. The van der Waals surface area contributed by atoms with Crippen molar-refractivity contribution < 1.29 is 19.5 Å². The second kappa shape index (κ2) is 9.90. The maximum atomic E-state index is 14.1. The fourth-order valence-corrected chi connectivity index (χ4v) is 8.99. The number of carbonyl (C=O) groups is 3. The molecule has 3 heterocycles. The maximum Gasteiger partial charge on any atom is 0.244 e. The molecule has 4 unspecified atom stereocenters. The van der Waals surface area contributed by atoms with Gasteiger partial charge in [0.25, 0.3) is 0 Å². The second-order valence-electron chi connectivity index (χ2n) is 10.1. The molecule has 3 aliphatic rings. The third-order valence-corrected chi connectivity index (χ3v) is 10.1. The highest BCUT2D eigenvalue weighted by Gasteiger charge is 2.76. The number of amides is 3. The smallest absolute Gasteiger partial charge is 0.244 e. The third-order valence-electron chi connectivity index (χ3n) is 8.01. The Labute approximate surface area is 206 Å². The van der Waals surface area contributed by atoms with Crippen molar-refractivity contribution >= 4 is 29.5 Å². The van der Waals surface area contributed by atoms with Gasteiger partial charge in [0.15, 0.2) is 0 Å². The standard InChI is InChI=1S/C26H37N3O4S/c1-5-9-16(3)28-24(32)22-26-15(2)12-19(34-26)20(23(31)27-4)21(26)25(33)29(22)18(14-30)13-17-10-7-6-8-11-17/h6-8,10-11,15-16,18-22,30H,5,9,12-14H2,1-4H3,(H,27,31)(H,28,32)/t15?,16?,18-,19+,20-,21+,22?,26?/m1/s1. The number of aliphatic hydroxyl groups is 1. The molecule has 1 aromatic carbocycles. The zero-order valence-corrected chi connectivity index (χ0v) is 21.3. The number of carbonyl (C=O) groups excluding carboxylic acids is 3. The van der Waals surface area contributed by atoms with Gasteiger partial charge in [-0.1, -0.05) is 50.6 Å². The number of hydrogen-bond acceptors (Lipinski definition) is 5. The van der Waals surface area contributed by atoms with E-state index >= 15 is 0 Å². The second-order valence-corrected chi connectivity index (χ2v) is 11.7. The first kappa shape index (κ1) is 25.0. The molecule has 1 aromatic rings. The molecule has 0 saturated carbocycles. The molecule has 0 aliphatic carbocycles. The molecule has 2 bridgehead atoms. The van der Waals surface area contributed by atoms with E-state index in [-0.39, 0.29) is 41.5 Å². The molecule has 8 atom stereocenters. The van der Waals surface area contributed by atoms with Gasteiger partial charge in [0.05, 0.1) is 29.2 Å². The van der Waals surface area contributed by atoms with Crippen LogP contribution in [-0.2, 0) is 20.8 Å². The van der Waals surface area contributed by atoms with E-state index in [1.165, 1.54) is 0 Å². The maximum absolute atomic E-state index is 14.1. The molecule has 3 aliphatic heterocycles. The first-order chi connectivity index (χ1) is 16.3. The lowest BCUT2D eigenvalue weighted by Gasteiger charge is -2.40. The first-order valence-electron chi connectivity index (χ1n) is 12.5. The molecule has 4 rings (SSSR count). The minimum atomic E-state index is -0.718. The summed E-state index contributed by atoms with van der Waals surface area (Å²) in [7, 11) is 1.61. The predicted octanol–water partition coefficient (Wildman–Crippen LogP) is 1.98. The molecule has 3 saturated heterocycles. The molecule has 7 nitrogen and oxygen atoms in total. The van der Waals surface area contributed by atoms with Crippen LogP contribution in [0.4, 0.5) is 0 Å². The molecule has 0 aromatic heterocycles. The zero-order chi connectivity index (χ0) is 24.6. The molecule has 3 N–H and O–H groups in total. The molecule has 34 heavy (non-hydrogen) atoms. The Kier molecular flexibility index (Phi) is 7.29. The van der Waals surface area contributed by atoms with Crippen molar-refractivity contribution in [3.05, 3.63) is 35.9 Å². The fourth-order valence-electron chi connectivity index (χ4n) is 6.58. The topological polar surface area (TPSA) is 98.7 Å². The van der Waals surface area contributed by atoms with Crippen LogP contribution >= 0.6 is 11.8 Å². The molecular formula is C26H37N3O4S. The summed E-state index contributed by atoms with van der Waals surface area (Å²) in [5.74, 6) is -1.38. The van der Waals surface area contributed by atoms with Gasteiger partial charge in [-0.05, 0) is 37.7 Å². The number of benzene rings is 1. The number of nitrogens with one attached hydrogen (secondary N) is 2. The number of thioether (sulfide) groups is 1. The van der Waals surface area contributed by atoms with Crippen LogP contribution in [0.25, 0.3) is 0 Å². The lowest BCUT2D eigenvalue weighted by Crippen LogP contribution is -2.59. The molecule has 8 heteroatoms. The van der Waals surface area contributed by atoms with Gasteiger partial charge in [-0.3, -0.25) is 14.4 Å². The van der Waals surface area contributed by atoms with Crippen molar-refractivity contribution in [1.29, 1.82) is 0 Å². The van der Waals surface area contributed by atoms with Crippen molar-refractivity contribution in [2.45, 2.75) is 74.6 Å². The quantitative estimate of drug-likeness (QED) is 0.495. The molecule has 186 valence electrons. The Hall–Kier alpha value is -2.06. The lowest BCUT2D eigenvalue weighted by molar-refractivity contribution is -0.142. The summed E-state index contributed by atoms with van der Waals surface area (Å²) >= 11 is 1.66. The third kappa shape index (κ3) is 3.92. The van der Waals surface area contributed by atoms with Crippen LogP contribution in [0, 0.1) is 17.8 Å². The van der Waals surface area contributed by atoms with Gasteiger partial charge in [-0.25, -0.2) is 0 Å². The van der Waals surface area contributed by atoms with Gasteiger partial charge in [-0.2, -0.15) is 0 Å². The van der Waals surface area contributed by atoms with E-state index in [1.54, 1.807) is 23.7 Å². The van der Waals surface area contributed by atoms with Crippen molar-refractivity contribution in [2.24, 2.45) is 17.8 Å². The predicted molar refractivity (Wildman–Crippen MR) is 133 cm³/mol. The van der Waals surface area contributed by atoms with Crippen molar-refractivity contribution in [3.8, 4) is 0 Å². The molecular weight excluding hydrogens is 450 g/mol. The van der Waals surface area contributed by atoms with Gasteiger partial charge in [0.1, 0.15) is 6.04 Å². The Bertz CT molecular complexity index is 928. The average molecular weight is 488 g/mol. The van der Waals surface area contributed by atoms with Crippen LogP contribution in [0.1, 0.15) is 45.6 Å². The Balaban J connectivity index is 1.76. The Morgan fingerprint density at radius 1 is 1.26 bits per heavy atom. The normalized spacial score (nSPS) is 33.5. The number of likely N-dealkylation sites (tertiary alicyclic amines) is 1. The highest BCUT2D eigenvalue weighted by atomic mass is 32.2. The van der Waals surface area contributed by atoms with E-state index in [1.807, 2.05) is 37.3 Å². The summed E-state index contributed by atoms with van der Waals surface area (Å²) < 4.78 is -0.668. The SMILES string of the molecule is CCCC(C)NC(=O)C1N([C@@H](CO)Cc2ccccc2)C(=O)[C@@H]2[C@H](C(=O)NC)[C@@H]3CC(C)C12S3. The van der Waals surface area contributed by atoms with E-state index in [0.717, 1.165) is 24.8 Å². The van der Waals surface area contributed by atoms with Gasteiger partial charge in [-0.15, -0.1) is 11.8 Å². The Morgan fingerprint density at radius 3 is 2.59 bits per heavy atom. The summed E-state index contributed by atoms with van der Waals surface area (Å²) in [5.41, 5.74) is 0.996. The highest BCUT2D eigenvalue weighted by Crippen LogP contribution is 2.68. The molecule has 1 spiro atoms. The van der Waals surface area contributed by atoms with E-state index in [2.05, 4.69) is 24.5 Å². The van der Waals surface area contributed by atoms with E-state index in [4.69, 9.17) is 0 Å². The van der Waals surface area contributed by atoms with Crippen LogP contribution in [0.15, 0.2) is 30.3 Å². The van der Waals surface area contributed by atoms with E-state index in [9.17, 15) is 19.5 Å². The largest absolute Gasteiger partial charge is 0.394 e. The number of nitrogens with zero attached hydrogens (tertiary/aromatic N) is 1. The highest BCUT2D eigenvalue weighted by molar-refractivity contribution is 8.02. The van der Waals surface area contributed by atoms with Crippen LogP contribution in [0.2, 0.25) is 0 Å². The summed E-state index contributed by atoms with van der Waals surface area (Å²) in [6.45, 7) is 5.93. The van der Waals surface area contributed by atoms with Crippen LogP contribution in [-0.4, -0.2) is 69.5 Å². The van der Waals surface area contributed by atoms with E-state index in [0.29, 0.717) is 6.42 Å². The lowest BCUT2D eigenvalue weighted by atomic mass is 9.66. The van der Waals surface area contributed by atoms with Crippen LogP contribution in [0.5, 0.6) is 0 Å². The van der Waals surface area contributed by atoms with Crippen molar-refractivity contribution in [3.63, 3.8) is 0 Å². The van der Waals surface area contributed by atoms with Gasteiger partial charge < -0.3 is 20.6 Å². The summed E-state index contributed by atoms with van der Waals surface area (Å²) in [6, 6.07) is 8.46. The van der Waals surface area contributed by atoms with Crippen molar-refractivity contribution in [1.82, 2.24) is 15.5 Å². The minimum absolute atomic E-state index is 0.0137. The van der Waals surface area contributed by atoms with Crippen molar-refractivity contribution in [2.75, 3.05) is 13.7 Å². The monoisotopic (exact) mass is 487 g/mol. The van der Waals surface area contributed by atoms with Gasteiger partial charge in [0, 0.05) is 18.3 Å². The molecule has 3 fully saturated rings. The summed E-state index contributed by atoms with van der Waals surface area (Å²) in [5, 5.41) is 16.4. The number of aliphatic hydroxyl groups excluding tert-OH is 1.